The van der Waals surface area contributed by atoms with Gasteiger partial charge in [-0.1, -0.05) is 54.6 Å². The number of benzene rings is 3. The van der Waals surface area contributed by atoms with Crippen molar-refractivity contribution in [3.8, 4) is 0 Å². The fraction of sp³-hybridized carbons (Fsp3) is 0.182. The minimum Gasteiger partial charge on any atom is -0.741 e. The Bertz CT molecular complexity index is 946. The zero-order valence-corrected chi connectivity index (χ0v) is 18.3. The van der Waals surface area contributed by atoms with E-state index in [-0.39, 0.29) is 6.10 Å². The molecule has 166 valence electrons. The molecule has 0 bridgehead atoms. The number of aliphatic hydroxyl groups excluding tert-OH is 1. The van der Waals surface area contributed by atoms with Crippen LogP contribution in [-0.4, -0.2) is 35.9 Å². The molecule has 1 atom stereocenters. The van der Waals surface area contributed by atoms with Crippen LogP contribution >= 0.6 is 7.26 Å². The van der Waals surface area contributed by atoms with Gasteiger partial charge in [-0.25, -0.2) is 8.42 Å². The minimum absolute atomic E-state index is 0.357. The van der Waals surface area contributed by atoms with E-state index in [1.807, 2.05) is 6.92 Å². The molecule has 0 saturated heterocycles. The molecule has 9 heteroatoms. The Morgan fingerprint density at radius 3 is 1.26 bits per heavy atom. The molecule has 0 aromatic heterocycles. The number of alkyl halides is 3. The first-order valence-electron chi connectivity index (χ1n) is 9.23. The van der Waals surface area contributed by atoms with Crippen molar-refractivity contribution in [1.29, 1.82) is 0 Å². The first kappa shape index (κ1) is 25.0. The normalized spacial score (nSPS) is 13.1. The van der Waals surface area contributed by atoms with E-state index in [1.54, 1.807) is 0 Å². The average molecular weight is 470 g/mol. The predicted octanol–water partition coefficient (Wildman–Crippen LogP) is 3.41. The first-order valence-corrected chi connectivity index (χ1v) is 12.6. The Kier molecular flexibility index (Phi) is 8.37. The maximum atomic E-state index is 10.7. The van der Waals surface area contributed by atoms with Crippen molar-refractivity contribution in [1.82, 2.24) is 0 Å². The fourth-order valence-corrected chi connectivity index (χ4v) is 7.57. The summed E-state index contributed by atoms with van der Waals surface area (Å²) in [6.07, 6.45) is 0.398. The van der Waals surface area contributed by atoms with Crippen LogP contribution in [0.4, 0.5) is 13.2 Å². The minimum atomic E-state index is -6.09. The molecule has 0 saturated carbocycles. The standard InChI is InChI=1S/C21H22OP.CHF3O3S/c1-18(22)17-23(19-11-5-2-6-12-19,20-13-7-3-8-14-20)21-15-9-4-10-16-21;2-1(3,4)8(5,6)7/h2-16,18,22H,17H2,1H3;(H,5,6,7)/q+1;/p-1. The smallest absolute Gasteiger partial charge is 0.485 e. The van der Waals surface area contributed by atoms with Gasteiger partial charge in [-0.15, -0.1) is 0 Å². The van der Waals surface area contributed by atoms with Crippen LogP contribution in [0.1, 0.15) is 6.92 Å². The Hall–Kier alpha value is -2.25. The summed E-state index contributed by atoms with van der Waals surface area (Å²) in [4.78, 5) is 0. The maximum absolute atomic E-state index is 10.7. The maximum Gasteiger partial charge on any atom is 0.485 e. The molecule has 0 amide bonds. The molecule has 1 unspecified atom stereocenters. The molecule has 0 fully saturated rings. The van der Waals surface area contributed by atoms with Crippen molar-refractivity contribution < 1.29 is 31.2 Å². The summed E-state index contributed by atoms with van der Waals surface area (Å²) in [5.41, 5.74) is -5.65. The molecule has 0 heterocycles. The second-order valence-electron chi connectivity index (χ2n) is 6.75. The molecule has 0 aliphatic heterocycles. The zero-order valence-electron chi connectivity index (χ0n) is 16.6. The number of aliphatic hydroxyl groups is 1. The third kappa shape index (κ3) is 6.37. The zero-order chi connectivity index (χ0) is 23.1. The third-order valence-corrected chi connectivity index (χ3v) is 9.59. The monoisotopic (exact) mass is 470 g/mol. The van der Waals surface area contributed by atoms with Crippen LogP contribution in [0.15, 0.2) is 91.0 Å². The van der Waals surface area contributed by atoms with Gasteiger partial charge in [0.2, 0.25) is 0 Å². The molecule has 0 radical (unpaired) electrons. The number of hydrogen-bond donors (Lipinski definition) is 1. The van der Waals surface area contributed by atoms with Crippen molar-refractivity contribution in [3.63, 3.8) is 0 Å². The molecule has 1 N–H and O–H groups in total. The van der Waals surface area contributed by atoms with Crippen LogP contribution in [-0.2, 0) is 10.1 Å². The molecular formula is C22H22F3O4PS. The number of halogens is 3. The van der Waals surface area contributed by atoms with Gasteiger partial charge in [-0.3, -0.25) is 0 Å². The predicted molar refractivity (Wildman–Crippen MR) is 117 cm³/mol. The second-order valence-corrected chi connectivity index (χ2v) is 11.7. The Labute approximate surface area is 180 Å². The van der Waals surface area contributed by atoms with Crippen LogP contribution in [0, 0.1) is 0 Å². The van der Waals surface area contributed by atoms with Gasteiger partial charge in [-0.05, 0) is 43.3 Å². The van der Waals surface area contributed by atoms with Crippen LogP contribution in [0.2, 0.25) is 0 Å². The van der Waals surface area contributed by atoms with E-state index in [2.05, 4.69) is 91.0 Å². The lowest BCUT2D eigenvalue weighted by Gasteiger charge is -2.28. The van der Waals surface area contributed by atoms with Crippen molar-refractivity contribution in [3.05, 3.63) is 91.0 Å². The van der Waals surface area contributed by atoms with Crippen molar-refractivity contribution in [2.45, 2.75) is 18.5 Å². The molecule has 0 spiro atoms. The summed E-state index contributed by atoms with van der Waals surface area (Å²) >= 11 is 0. The van der Waals surface area contributed by atoms with Gasteiger partial charge in [-0.2, -0.15) is 13.2 Å². The highest BCUT2D eigenvalue weighted by Crippen LogP contribution is 2.55. The Morgan fingerprint density at radius 2 is 1.06 bits per heavy atom. The lowest BCUT2D eigenvalue weighted by molar-refractivity contribution is -0.0517. The quantitative estimate of drug-likeness (QED) is 0.352. The largest absolute Gasteiger partial charge is 0.741 e. The lowest BCUT2D eigenvalue weighted by Crippen LogP contribution is -2.36. The molecular weight excluding hydrogens is 448 g/mol. The van der Waals surface area contributed by atoms with Gasteiger partial charge < -0.3 is 9.66 Å². The summed E-state index contributed by atoms with van der Waals surface area (Å²) in [5.74, 6) is 0. The highest BCUT2D eigenvalue weighted by Gasteiger charge is 2.46. The molecule has 0 aliphatic carbocycles. The van der Waals surface area contributed by atoms with E-state index in [0.717, 1.165) is 6.16 Å². The van der Waals surface area contributed by atoms with E-state index in [4.69, 9.17) is 13.0 Å². The van der Waals surface area contributed by atoms with Crippen LogP contribution in [0.25, 0.3) is 0 Å². The molecule has 3 aromatic carbocycles. The summed E-state index contributed by atoms with van der Waals surface area (Å²) < 4.78 is 58.9. The lowest BCUT2D eigenvalue weighted by atomic mass is 10.3. The number of rotatable bonds is 5. The Balaban J connectivity index is 0.000000366. The SMILES string of the molecule is CC(O)C[P+](c1ccccc1)(c1ccccc1)c1ccccc1.O=S(=O)([O-])C(F)(F)F. The molecule has 0 aliphatic rings. The van der Waals surface area contributed by atoms with Crippen molar-refractivity contribution >= 4 is 33.3 Å². The summed E-state index contributed by atoms with van der Waals surface area (Å²) in [6, 6.07) is 32.0. The fourth-order valence-electron chi connectivity index (χ4n) is 3.21. The average Bonchev–Trinajstić information content (AvgIpc) is 2.73. The van der Waals surface area contributed by atoms with E-state index < -0.39 is 22.9 Å². The second kappa shape index (κ2) is 10.4. The van der Waals surface area contributed by atoms with Crippen molar-refractivity contribution in [2.75, 3.05) is 6.16 Å². The number of hydrogen-bond acceptors (Lipinski definition) is 4. The van der Waals surface area contributed by atoms with Gasteiger partial charge >= 0.3 is 5.51 Å². The molecule has 3 rings (SSSR count). The van der Waals surface area contributed by atoms with Gasteiger partial charge in [0.15, 0.2) is 10.1 Å². The van der Waals surface area contributed by atoms with Gasteiger partial charge in [0.1, 0.15) is 23.2 Å². The van der Waals surface area contributed by atoms with Crippen LogP contribution in [0.5, 0.6) is 0 Å². The van der Waals surface area contributed by atoms with E-state index in [0.29, 0.717) is 0 Å². The van der Waals surface area contributed by atoms with E-state index in [9.17, 15) is 18.3 Å². The highest BCUT2D eigenvalue weighted by molar-refractivity contribution is 7.95. The Morgan fingerprint density at radius 1 is 0.806 bits per heavy atom. The van der Waals surface area contributed by atoms with Gasteiger partial charge in [0, 0.05) is 0 Å². The first-order chi connectivity index (χ1) is 14.5. The topological polar surface area (TPSA) is 77.4 Å². The van der Waals surface area contributed by atoms with Gasteiger partial charge in [0.05, 0.1) is 12.3 Å². The molecule has 31 heavy (non-hydrogen) atoms. The van der Waals surface area contributed by atoms with E-state index >= 15 is 0 Å². The van der Waals surface area contributed by atoms with Crippen LogP contribution < -0.4 is 15.9 Å². The summed E-state index contributed by atoms with van der Waals surface area (Å²) in [7, 11) is -7.95. The summed E-state index contributed by atoms with van der Waals surface area (Å²) in [5, 5.41) is 14.3. The highest BCUT2D eigenvalue weighted by atomic mass is 32.2. The van der Waals surface area contributed by atoms with Crippen LogP contribution in [0.3, 0.4) is 0 Å². The van der Waals surface area contributed by atoms with E-state index in [1.165, 1.54) is 15.9 Å². The van der Waals surface area contributed by atoms with Gasteiger partial charge in [0.25, 0.3) is 0 Å². The third-order valence-electron chi connectivity index (χ3n) is 4.41. The van der Waals surface area contributed by atoms with Crippen molar-refractivity contribution in [2.24, 2.45) is 0 Å². The summed E-state index contributed by atoms with van der Waals surface area (Å²) in [6.45, 7) is 1.89. The molecule has 4 nitrogen and oxygen atoms in total. The molecule has 3 aromatic rings.